The highest BCUT2D eigenvalue weighted by molar-refractivity contribution is 5.50. The van der Waals surface area contributed by atoms with Gasteiger partial charge in [0.1, 0.15) is 23.0 Å². The fourth-order valence-electron chi connectivity index (χ4n) is 5.87. The van der Waals surface area contributed by atoms with Gasteiger partial charge in [-0.25, -0.2) is 9.18 Å². The van der Waals surface area contributed by atoms with Crippen LogP contribution < -0.4 is 26.6 Å². The Morgan fingerprint density at radius 2 is 1.56 bits per heavy atom. The summed E-state index contributed by atoms with van der Waals surface area (Å²) >= 11 is 0. The van der Waals surface area contributed by atoms with E-state index in [1.807, 2.05) is 4.90 Å². The van der Waals surface area contributed by atoms with Crippen LogP contribution in [0.4, 0.5) is 36.4 Å². The number of rotatable bonds is 9. The third-order valence-corrected chi connectivity index (χ3v) is 8.32. The van der Waals surface area contributed by atoms with Crippen LogP contribution in [0.1, 0.15) is 39.9 Å². The molecule has 2 N–H and O–H groups in total. The number of nitrogens with zero attached hydrogens (tertiary/aromatic N) is 4. The first-order chi connectivity index (χ1) is 22.6. The van der Waals surface area contributed by atoms with E-state index in [0.717, 1.165) is 27.3 Å². The highest BCUT2D eigenvalue weighted by Crippen LogP contribution is 2.34. The molecule has 1 aliphatic rings. The van der Waals surface area contributed by atoms with E-state index >= 15 is 0 Å². The zero-order chi connectivity index (χ0) is 35.0. The second kappa shape index (κ2) is 13.5. The fraction of sp³-hybridized carbons (Fsp3) is 0.375. The van der Waals surface area contributed by atoms with Crippen molar-refractivity contribution in [1.82, 2.24) is 14.0 Å². The van der Waals surface area contributed by atoms with Gasteiger partial charge in [-0.1, -0.05) is 24.3 Å². The maximum absolute atomic E-state index is 15.0. The number of halogens is 7. The molecule has 2 aromatic heterocycles. The molecule has 2 aromatic carbocycles. The molecule has 258 valence electrons. The van der Waals surface area contributed by atoms with Crippen molar-refractivity contribution in [3.05, 3.63) is 115 Å². The van der Waals surface area contributed by atoms with Crippen LogP contribution in [-0.4, -0.2) is 47.3 Å². The first-order valence-corrected chi connectivity index (χ1v) is 14.8. The third kappa shape index (κ3) is 7.13. The summed E-state index contributed by atoms with van der Waals surface area (Å²) in [5, 5.41) is 0. The van der Waals surface area contributed by atoms with Crippen LogP contribution in [0, 0.1) is 12.7 Å². The molecule has 1 aliphatic heterocycles. The summed E-state index contributed by atoms with van der Waals surface area (Å²) in [6.07, 6.45) is -9.56. The summed E-state index contributed by atoms with van der Waals surface area (Å²) in [5.74, 6) is -1.81. The van der Waals surface area contributed by atoms with Gasteiger partial charge < -0.3 is 19.8 Å². The first-order valence-electron chi connectivity index (χ1n) is 14.8. The zero-order valence-corrected chi connectivity index (χ0v) is 25.9. The van der Waals surface area contributed by atoms with Gasteiger partial charge in [-0.3, -0.25) is 18.8 Å². The van der Waals surface area contributed by atoms with E-state index in [2.05, 4.69) is 0 Å². The summed E-state index contributed by atoms with van der Waals surface area (Å²) in [4.78, 5) is 31.4. The summed E-state index contributed by atoms with van der Waals surface area (Å²) in [5.41, 5.74) is 3.14. The number of methoxy groups -OCH3 is 1. The van der Waals surface area contributed by atoms with Gasteiger partial charge >= 0.3 is 18.0 Å². The molecule has 0 aliphatic carbocycles. The molecule has 1 atom stereocenters. The zero-order valence-electron chi connectivity index (χ0n) is 25.9. The van der Waals surface area contributed by atoms with Gasteiger partial charge in [0.25, 0.3) is 5.56 Å². The van der Waals surface area contributed by atoms with E-state index in [9.17, 15) is 40.3 Å². The molecule has 48 heavy (non-hydrogen) atoms. The topological polar surface area (TPSA) is 98.9 Å². The number of alkyl halides is 6. The Hall–Kier alpha value is -4.57. The number of anilines is 1. The van der Waals surface area contributed by atoms with Crippen LogP contribution in [0.3, 0.4) is 0 Å². The smallest absolute Gasteiger partial charge is 0.449 e. The maximum Gasteiger partial charge on any atom is 0.449 e. The van der Waals surface area contributed by atoms with Crippen molar-refractivity contribution in [3.8, 4) is 5.75 Å². The average Bonchev–Trinajstić information content (AvgIpc) is 3.51. The molecule has 5 rings (SSSR count). The number of hydrogen-bond donors (Lipinski definition) is 1. The monoisotopic (exact) mass is 683 g/mol. The van der Waals surface area contributed by atoms with E-state index in [-0.39, 0.29) is 56.4 Å². The molecule has 16 heteroatoms. The lowest BCUT2D eigenvalue weighted by molar-refractivity contribution is -0.153. The Morgan fingerprint density at radius 1 is 0.875 bits per heavy atom. The Bertz CT molecular complexity index is 1890. The Morgan fingerprint density at radius 3 is 2.19 bits per heavy atom. The molecule has 1 fully saturated rings. The van der Waals surface area contributed by atoms with Crippen molar-refractivity contribution >= 4 is 5.69 Å². The van der Waals surface area contributed by atoms with Crippen molar-refractivity contribution in [1.29, 1.82) is 0 Å². The lowest BCUT2D eigenvalue weighted by Gasteiger charge is -2.36. The highest BCUT2D eigenvalue weighted by Gasteiger charge is 2.36. The SMILES string of the molecule is COc1ccccc1C(N)Cn1c(=O)c(N2CCN(Cc3ccc(C(F)(F)F)o3)CC2)c(C)n(Cc2c(F)cccc2C(F)(F)F)c1=O. The Kier molecular flexibility index (Phi) is 9.78. The number of furan rings is 1. The summed E-state index contributed by atoms with van der Waals surface area (Å²) in [6.45, 7) is 1.13. The predicted octanol–water partition coefficient (Wildman–Crippen LogP) is 5.17. The van der Waals surface area contributed by atoms with Crippen LogP contribution in [0.25, 0.3) is 0 Å². The Balaban J connectivity index is 1.53. The maximum atomic E-state index is 15.0. The van der Waals surface area contributed by atoms with Crippen LogP contribution in [-0.2, 0) is 32.0 Å². The van der Waals surface area contributed by atoms with Crippen LogP contribution in [0.2, 0.25) is 0 Å². The van der Waals surface area contributed by atoms with Crippen LogP contribution >= 0.6 is 0 Å². The van der Waals surface area contributed by atoms with Crippen LogP contribution in [0.5, 0.6) is 5.75 Å². The summed E-state index contributed by atoms with van der Waals surface area (Å²) in [7, 11) is 1.42. The molecule has 1 unspecified atom stereocenters. The molecular weight excluding hydrogens is 651 g/mol. The number of nitrogens with two attached hydrogens (primary N) is 1. The molecule has 0 bridgehead atoms. The fourth-order valence-corrected chi connectivity index (χ4v) is 5.87. The second-order valence-electron chi connectivity index (χ2n) is 11.4. The second-order valence-corrected chi connectivity index (χ2v) is 11.4. The van der Waals surface area contributed by atoms with Crippen molar-refractivity contribution in [2.45, 2.75) is 45.0 Å². The molecule has 9 nitrogen and oxygen atoms in total. The normalized spacial score (nSPS) is 15.2. The van der Waals surface area contributed by atoms with E-state index in [4.69, 9.17) is 14.9 Å². The van der Waals surface area contributed by atoms with Crippen molar-refractivity contribution < 1.29 is 39.9 Å². The van der Waals surface area contributed by atoms with E-state index in [1.165, 1.54) is 20.1 Å². The van der Waals surface area contributed by atoms with Gasteiger partial charge in [-0.2, -0.15) is 26.3 Å². The molecule has 0 amide bonds. The molecule has 0 spiro atoms. The third-order valence-electron chi connectivity index (χ3n) is 8.32. The summed E-state index contributed by atoms with van der Waals surface area (Å²) < 4.78 is 108. The number of ether oxygens (including phenoxy) is 1. The van der Waals surface area contributed by atoms with Gasteiger partial charge in [0.05, 0.1) is 38.3 Å². The number of hydrogen-bond acceptors (Lipinski definition) is 7. The van der Waals surface area contributed by atoms with Crippen molar-refractivity contribution in [2.75, 3.05) is 38.2 Å². The van der Waals surface area contributed by atoms with E-state index in [1.54, 1.807) is 29.2 Å². The molecule has 3 heterocycles. The molecule has 4 aromatic rings. The lowest BCUT2D eigenvalue weighted by Crippen LogP contribution is -2.51. The minimum atomic E-state index is -4.93. The number of aromatic nitrogens is 2. The van der Waals surface area contributed by atoms with Gasteiger partial charge in [0.15, 0.2) is 0 Å². The molecular formula is C32H32F7N5O4. The van der Waals surface area contributed by atoms with E-state index < -0.39 is 58.9 Å². The number of benzene rings is 2. The lowest BCUT2D eigenvalue weighted by atomic mass is 10.1. The average molecular weight is 684 g/mol. The van der Waals surface area contributed by atoms with Gasteiger partial charge in [0.2, 0.25) is 5.76 Å². The van der Waals surface area contributed by atoms with Gasteiger partial charge in [0, 0.05) is 43.0 Å². The predicted molar refractivity (Wildman–Crippen MR) is 161 cm³/mol. The highest BCUT2D eigenvalue weighted by atomic mass is 19.4. The quantitative estimate of drug-likeness (QED) is 0.243. The molecule has 1 saturated heterocycles. The van der Waals surface area contributed by atoms with Crippen LogP contribution in [0.15, 0.2) is 68.6 Å². The first kappa shape index (κ1) is 34.8. The van der Waals surface area contributed by atoms with Crippen molar-refractivity contribution in [3.63, 3.8) is 0 Å². The van der Waals surface area contributed by atoms with Gasteiger partial charge in [-0.05, 0) is 37.3 Å². The van der Waals surface area contributed by atoms with E-state index in [0.29, 0.717) is 17.4 Å². The summed E-state index contributed by atoms with van der Waals surface area (Å²) in [6, 6.07) is 10.3. The number of para-hydroxylation sites is 1. The largest absolute Gasteiger partial charge is 0.496 e. The van der Waals surface area contributed by atoms with Gasteiger partial charge in [-0.15, -0.1) is 0 Å². The minimum absolute atomic E-state index is 0.00345. The van der Waals surface area contributed by atoms with Crippen molar-refractivity contribution in [2.24, 2.45) is 5.73 Å². The number of piperazine rings is 1. The minimum Gasteiger partial charge on any atom is -0.496 e. The Labute approximate surface area is 269 Å². The molecule has 0 radical (unpaired) electrons. The molecule has 0 saturated carbocycles. The standard InChI is InChI=1S/C32H32F7N5O4/c1-19-28(42-14-12-41(13-15-42)16-20-10-11-27(48-20)32(37,38)39)29(45)44(18-25(40)21-6-3-4-9-26(21)47-2)30(46)43(19)17-22-23(31(34,35)36)7-5-8-24(22)33/h3-11,25H,12-18,40H2,1-2H3.